The number of rotatable bonds is 7. The zero-order chi connectivity index (χ0) is 24.9. The van der Waals surface area contributed by atoms with Crippen molar-refractivity contribution in [3.05, 3.63) is 102 Å². The molecule has 0 saturated carbocycles. The molecule has 8 nitrogen and oxygen atoms in total. The number of hydrogen-bond donors (Lipinski definition) is 1. The maximum absolute atomic E-state index is 12.9. The van der Waals surface area contributed by atoms with Gasteiger partial charge in [-0.2, -0.15) is 0 Å². The molecule has 0 saturated heterocycles. The normalized spacial score (nSPS) is 10.7. The van der Waals surface area contributed by atoms with Gasteiger partial charge in [0.1, 0.15) is 11.5 Å². The molecule has 178 valence electrons. The molecule has 1 N–H and O–H groups in total. The molecule has 3 aromatic heterocycles. The minimum atomic E-state index is -0.166. The molecule has 5 aromatic rings. The minimum absolute atomic E-state index is 0.166. The number of carbonyl (C=O) groups excluding carboxylic acids is 1. The molecule has 0 atom stereocenters. The van der Waals surface area contributed by atoms with Crippen molar-refractivity contribution in [1.82, 2.24) is 25.3 Å². The Labute approximate surface area is 208 Å². The molecular formula is C28H23N5O3. The molecule has 0 aliphatic rings. The van der Waals surface area contributed by atoms with E-state index < -0.39 is 0 Å². The van der Waals surface area contributed by atoms with Crippen LogP contribution >= 0.6 is 0 Å². The van der Waals surface area contributed by atoms with Crippen molar-refractivity contribution >= 4 is 16.8 Å². The minimum Gasteiger partial charge on any atom is -0.467 e. The maximum atomic E-state index is 12.9. The lowest BCUT2D eigenvalue weighted by atomic mass is 10.1. The lowest BCUT2D eigenvalue weighted by molar-refractivity contribution is 0.0950. The van der Waals surface area contributed by atoms with E-state index in [9.17, 15) is 4.79 Å². The van der Waals surface area contributed by atoms with Crippen molar-refractivity contribution in [2.24, 2.45) is 0 Å². The van der Waals surface area contributed by atoms with Gasteiger partial charge in [0.15, 0.2) is 0 Å². The fourth-order valence-electron chi connectivity index (χ4n) is 3.83. The van der Waals surface area contributed by atoms with Gasteiger partial charge in [-0.05, 0) is 60.5 Å². The Morgan fingerprint density at radius 1 is 0.889 bits per heavy atom. The monoisotopic (exact) mass is 477 g/mol. The molecule has 36 heavy (non-hydrogen) atoms. The van der Waals surface area contributed by atoms with Crippen LogP contribution in [-0.2, 0) is 6.54 Å². The van der Waals surface area contributed by atoms with Crippen LogP contribution in [0.4, 0.5) is 0 Å². The van der Waals surface area contributed by atoms with Crippen LogP contribution in [0.5, 0.6) is 17.5 Å². The second-order valence-electron chi connectivity index (χ2n) is 8.07. The lowest BCUT2D eigenvalue weighted by Crippen LogP contribution is -2.23. The van der Waals surface area contributed by atoms with Gasteiger partial charge in [-0.25, -0.2) is 9.97 Å². The fourth-order valence-corrected chi connectivity index (χ4v) is 3.83. The first-order valence-electron chi connectivity index (χ1n) is 11.3. The molecule has 0 unspecified atom stereocenters. The summed E-state index contributed by atoms with van der Waals surface area (Å²) in [5.41, 5.74) is 4.84. The molecule has 1 amide bonds. The Hall–Kier alpha value is -4.85. The summed E-state index contributed by atoms with van der Waals surface area (Å²) >= 11 is 0. The van der Waals surface area contributed by atoms with Crippen molar-refractivity contribution in [3.8, 4) is 28.6 Å². The van der Waals surface area contributed by atoms with Crippen LogP contribution in [0.15, 0.2) is 85.6 Å². The Bertz CT molecular complexity index is 1520. The van der Waals surface area contributed by atoms with Crippen molar-refractivity contribution in [2.75, 3.05) is 7.11 Å². The van der Waals surface area contributed by atoms with Crippen molar-refractivity contribution < 1.29 is 14.3 Å². The van der Waals surface area contributed by atoms with Crippen LogP contribution < -0.4 is 14.8 Å². The topological polar surface area (TPSA) is 99.1 Å². The van der Waals surface area contributed by atoms with Gasteiger partial charge in [0.25, 0.3) is 5.91 Å². The molecular weight excluding hydrogens is 454 g/mol. The standard InChI is InChI=1S/C28H23N5O3/c1-18-22(27(34)31-15-19-8-11-29-12-9-19)4-3-5-25(18)36-26-10-13-30-24-14-20(6-7-23(24)26)21-16-32-28(35-2)33-17-21/h3-14,16-17H,15H2,1-2H3,(H,31,34). The van der Waals surface area contributed by atoms with E-state index in [-0.39, 0.29) is 5.91 Å². The lowest BCUT2D eigenvalue weighted by Gasteiger charge is -2.14. The summed E-state index contributed by atoms with van der Waals surface area (Å²) in [6, 6.07) is 17.2. The first kappa shape index (κ1) is 22.9. The molecule has 5 rings (SSSR count). The predicted molar refractivity (Wildman–Crippen MR) is 136 cm³/mol. The average molecular weight is 478 g/mol. The largest absolute Gasteiger partial charge is 0.467 e. The Morgan fingerprint density at radius 3 is 2.47 bits per heavy atom. The summed E-state index contributed by atoms with van der Waals surface area (Å²) in [6.45, 7) is 2.30. The number of carbonyl (C=O) groups is 1. The molecule has 0 bridgehead atoms. The number of amides is 1. The number of benzene rings is 2. The highest BCUT2D eigenvalue weighted by molar-refractivity contribution is 5.96. The van der Waals surface area contributed by atoms with Crippen LogP contribution in [0.2, 0.25) is 0 Å². The molecule has 2 aromatic carbocycles. The summed E-state index contributed by atoms with van der Waals surface area (Å²) in [5.74, 6) is 1.09. The molecule has 3 heterocycles. The molecule has 0 fully saturated rings. The zero-order valence-corrected chi connectivity index (χ0v) is 19.8. The highest BCUT2D eigenvalue weighted by Gasteiger charge is 2.14. The second kappa shape index (κ2) is 10.2. The SMILES string of the molecule is COc1ncc(-c2ccc3c(Oc4cccc(C(=O)NCc5ccncc5)c4C)ccnc3c2)cn1. The van der Waals surface area contributed by atoms with Crippen molar-refractivity contribution in [3.63, 3.8) is 0 Å². The number of nitrogens with one attached hydrogen (secondary N) is 1. The second-order valence-corrected chi connectivity index (χ2v) is 8.07. The maximum Gasteiger partial charge on any atom is 0.316 e. The number of pyridine rings is 2. The van der Waals surface area contributed by atoms with E-state index in [1.165, 1.54) is 7.11 Å². The Morgan fingerprint density at radius 2 is 1.69 bits per heavy atom. The van der Waals surface area contributed by atoms with Crippen LogP contribution in [0.1, 0.15) is 21.5 Å². The number of ether oxygens (including phenoxy) is 2. The number of nitrogens with zero attached hydrogens (tertiary/aromatic N) is 4. The van der Waals surface area contributed by atoms with Crippen molar-refractivity contribution in [1.29, 1.82) is 0 Å². The highest BCUT2D eigenvalue weighted by Crippen LogP contribution is 2.33. The van der Waals surface area contributed by atoms with Gasteiger partial charge in [0, 0.05) is 59.6 Å². The van der Waals surface area contributed by atoms with Crippen LogP contribution in [0, 0.1) is 6.92 Å². The van der Waals surface area contributed by atoms with E-state index in [1.54, 1.807) is 37.1 Å². The van der Waals surface area contributed by atoms with E-state index in [4.69, 9.17) is 9.47 Å². The highest BCUT2D eigenvalue weighted by atomic mass is 16.5. The van der Waals surface area contributed by atoms with Gasteiger partial charge in [-0.1, -0.05) is 12.1 Å². The third kappa shape index (κ3) is 4.83. The van der Waals surface area contributed by atoms with E-state index >= 15 is 0 Å². The van der Waals surface area contributed by atoms with E-state index in [0.717, 1.165) is 33.2 Å². The first-order valence-corrected chi connectivity index (χ1v) is 11.3. The fraction of sp³-hybridized carbons (Fsp3) is 0.107. The van der Waals surface area contributed by atoms with Crippen molar-refractivity contribution in [2.45, 2.75) is 13.5 Å². The zero-order valence-electron chi connectivity index (χ0n) is 19.8. The Kier molecular flexibility index (Phi) is 6.48. The number of aromatic nitrogens is 4. The van der Waals surface area contributed by atoms with Crippen LogP contribution in [0.25, 0.3) is 22.0 Å². The van der Waals surface area contributed by atoms with Gasteiger partial charge in [-0.3, -0.25) is 14.8 Å². The molecule has 0 spiro atoms. The quantitative estimate of drug-likeness (QED) is 0.347. The summed E-state index contributed by atoms with van der Waals surface area (Å²) in [7, 11) is 1.53. The first-order chi connectivity index (χ1) is 17.6. The molecule has 0 aliphatic heterocycles. The van der Waals surface area contributed by atoms with Gasteiger partial charge in [0.05, 0.1) is 12.6 Å². The van der Waals surface area contributed by atoms with E-state index in [1.807, 2.05) is 55.5 Å². The predicted octanol–water partition coefficient (Wildman–Crippen LogP) is 5.13. The summed E-state index contributed by atoms with van der Waals surface area (Å²) in [6.07, 6.45) is 8.53. The summed E-state index contributed by atoms with van der Waals surface area (Å²) in [5, 5.41) is 3.81. The Balaban J connectivity index is 1.38. The van der Waals surface area contributed by atoms with E-state index in [2.05, 4.69) is 25.3 Å². The smallest absolute Gasteiger partial charge is 0.316 e. The van der Waals surface area contributed by atoms with Crippen LogP contribution in [0.3, 0.4) is 0 Å². The number of hydrogen-bond acceptors (Lipinski definition) is 7. The summed E-state index contributed by atoms with van der Waals surface area (Å²) < 4.78 is 11.3. The third-order valence-electron chi connectivity index (χ3n) is 5.80. The van der Waals surface area contributed by atoms with Gasteiger partial charge >= 0.3 is 6.01 Å². The van der Waals surface area contributed by atoms with Gasteiger partial charge in [-0.15, -0.1) is 0 Å². The van der Waals surface area contributed by atoms with Gasteiger partial charge < -0.3 is 14.8 Å². The van der Waals surface area contributed by atoms with Gasteiger partial charge in [0.2, 0.25) is 0 Å². The molecule has 0 aliphatic carbocycles. The van der Waals surface area contributed by atoms with Crippen LogP contribution in [-0.4, -0.2) is 33.0 Å². The average Bonchev–Trinajstić information content (AvgIpc) is 2.93. The number of fused-ring (bicyclic) bond motifs is 1. The summed E-state index contributed by atoms with van der Waals surface area (Å²) in [4.78, 5) is 29.7. The molecule has 8 heteroatoms. The van der Waals surface area contributed by atoms with E-state index in [0.29, 0.717) is 29.6 Å². The molecule has 0 radical (unpaired) electrons. The number of methoxy groups -OCH3 is 1. The third-order valence-corrected chi connectivity index (χ3v) is 5.80.